The zero-order chi connectivity index (χ0) is 20.9. The number of amides is 2. The van der Waals surface area contributed by atoms with E-state index in [1.54, 1.807) is 0 Å². The highest BCUT2D eigenvalue weighted by molar-refractivity contribution is 5.91. The Morgan fingerprint density at radius 1 is 1.11 bits per heavy atom. The van der Waals surface area contributed by atoms with Gasteiger partial charge in [-0.2, -0.15) is 0 Å². The van der Waals surface area contributed by atoms with Gasteiger partial charge < -0.3 is 21.1 Å². The summed E-state index contributed by atoms with van der Waals surface area (Å²) in [5.74, 6) is -1.12. The number of unbranched alkanes of at least 4 members (excludes halogenated alkanes) is 1. The Morgan fingerprint density at radius 2 is 1.79 bits per heavy atom. The number of benzene rings is 1. The van der Waals surface area contributed by atoms with Crippen molar-refractivity contribution in [2.75, 3.05) is 13.2 Å². The number of carbonyl (C=O) groups is 3. The molecule has 2 amide bonds. The number of rotatable bonds is 12. The molecular formula is C21H33N3O4. The Balaban J connectivity index is 2.57. The summed E-state index contributed by atoms with van der Waals surface area (Å²) < 4.78 is 5.02. The molecule has 0 saturated heterocycles. The van der Waals surface area contributed by atoms with Crippen molar-refractivity contribution in [1.82, 2.24) is 10.6 Å². The van der Waals surface area contributed by atoms with Crippen LogP contribution in [0.3, 0.4) is 0 Å². The summed E-state index contributed by atoms with van der Waals surface area (Å²) in [4.78, 5) is 36.6. The van der Waals surface area contributed by atoms with Crippen molar-refractivity contribution in [3.05, 3.63) is 35.9 Å². The molecule has 28 heavy (non-hydrogen) atoms. The summed E-state index contributed by atoms with van der Waals surface area (Å²) >= 11 is 0. The maximum atomic E-state index is 12.5. The molecule has 1 aromatic carbocycles. The lowest BCUT2D eigenvalue weighted by atomic mass is 10.0. The van der Waals surface area contributed by atoms with Gasteiger partial charge in [-0.3, -0.25) is 14.4 Å². The van der Waals surface area contributed by atoms with E-state index in [0.29, 0.717) is 19.4 Å². The predicted molar refractivity (Wildman–Crippen MR) is 108 cm³/mol. The molecule has 156 valence electrons. The van der Waals surface area contributed by atoms with Gasteiger partial charge in [-0.1, -0.05) is 57.5 Å². The quantitative estimate of drug-likeness (QED) is 0.370. The molecule has 1 aromatic rings. The topological polar surface area (TPSA) is 111 Å². The maximum Gasteiger partial charge on any atom is 0.325 e. The lowest BCUT2D eigenvalue weighted by molar-refractivity contribution is -0.144. The van der Waals surface area contributed by atoms with Crippen molar-refractivity contribution in [3.8, 4) is 0 Å². The highest BCUT2D eigenvalue weighted by Gasteiger charge is 2.25. The van der Waals surface area contributed by atoms with Crippen LogP contribution in [0.25, 0.3) is 0 Å². The van der Waals surface area contributed by atoms with Crippen LogP contribution < -0.4 is 16.4 Å². The average Bonchev–Trinajstić information content (AvgIpc) is 2.66. The highest BCUT2D eigenvalue weighted by atomic mass is 16.5. The lowest BCUT2D eigenvalue weighted by Crippen LogP contribution is -2.53. The summed E-state index contributed by atoms with van der Waals surface area (Å²) in [5.41, 5.74) is 6.95. The maximum absolute atomic E-state index is 12.5. The number of nitrogens with one attached hydrogen (secondary N) is 2. The van der Waals surface area contributed by atoms with Crippen molar-refractivity contribution >= 4 is 17.8 Å². The second kappa shape index (κ2) is 12.9. The van der Waals surface area contributed by atoms with Crippen LogP contribution in [0.15, 0.2) is 30.3 Å². The van der Waals surface area contributed by atoms with Gasteiger partial charge in [0.25, 0.3) is 0 Å². The molecule has 7 nitrogen and oxygen atoms in total. The SMILES string of the molecule is CCCCOC(=O)CNC(=O)C(CC(C)C)NC(=O)C(N)Cc1ccccc1. The normalized spacial score (nSPS) is 12.9. The van der Waals surface area contributed by atoms with Crippen molar-refractivity contribution < 1.29 is 19.1 Å². The van der Waals surface area contributed by atoms with Gasteiger partial charge in [0.05, 0.1) is 12.6 Å². The lowest BCUT2D eigenvalue weighted by Gasteiger charge is -2.22. The van der Waals surface area contributed by atoms with E-state index in [1.165, 1.54) is 0 Å². The zero-order valence-electron chi connectivity index (χ0n) is 17.1. The molecule has 1 rings (SSSR count). The van der Waals surface area contributed by atoms with Crippen molar-refractivity contribution in [3.63, 3.8) is 0 Å². The van der Waals surface area contributed by atoms with Crippen LogP contribution in [0.2, 0.25) is 0 Å². The largest absolute Gasteiger partial charge is 0.464 e. The van der Waals surface area contributed by atoms with Crippen molar-refractivity contribution in [2.24, 2.45) is 11.7 Å². The molecule has 7 heteroatoms. The van der Waals surface area contributed by atoms with Crippen LogP contribution in [-0.4, -0.2) is 43.0 Å². The molecule has 2 atom stereocenters. The van der Waals surface area contributed by atoms with Gasteiger partial charge in [-0.25, -0.2) is 0 Å². The number of hydrogen-bond donors (Lipinski definition) is 3. The van der Waals surface area contributed by atoms with Crippen LogP contribution in [-0.2, 0) is 25.5 Å². The molecule has 0 saturated carbocycles. The van der Waals surface area contributed by atoms with Crippen molar-refractivity contribution in [2.45, 2.75) is 58.5 Å². The van der Waals surface area contributed by atoms with E-state index in [0.717, 1.165) is 18.4 Å². The molecule has 0 radical (unpaired) electrons. The van der Waals surface area contributed by atoms with E-state index < -0.39 is 29.9 Å². The first-order chi connectivity index (χ1) is 13.3. The van der Waals surface area contributed by atoms with Crippen LogP contribution in [0, 0.1) is 5.92 Å². The number of hydrogen-bond acceptors (Lipinski definition) is 5. The van der Waals surface area contributed by atoms with Gasteiger partial charge in [-0.05, 0) is 30.7 Å². The Hall–Kier alpha value is -2.41. The summed E-state index contributed by atoms with van der Waals surface area (Å²) in [6.07, 6.45) is 2.53. The van der Waals surface area contributed by atoms with Crippen molar-refractivity contribution in [1.29, 1.82) is 0 Å². The number of carbonyl (C=O) groups excluding carboxylic acids is 3. The second-order valence-electron chi connectivity index (χ2n) is 7.28. The van der Waals surface area contributed by atoms with Gasteiger partial charge in [0.2, 0.25) is 11.8 Å². The smallest absolute Gasteiger partial charge is 0.325 e. The molecule has 0 aliphatic rings. The summed E-state index contributed by atoms with van der Waals surface area (Å²) in [7, 11) is 0. The molecule has 0 aromatic heterocycles. The minimum Gasteiger partial charge on any atom is -0.464 e. The van der Waals surface area contributed by atoms with Gasteiger partial charge in [0.1, 0.15) is 12.6 Å². The fourth-order valence-corrected chi connectivity index (χ4v) is 2.61. The van der Waals surface area contributed by atoms with Gasteiger partial charge in [-0.15, -0.1) is 0 Å². The fraction of sp³-hybridized carbons (Fsp3) is 0.571. The first kappa shape index (κ1) is 23.6. The van der Waals surface area contributed by atoms with E-state index in [4.69, 9.17) is 10.5 Å². The van der Waals surface area contributed by atoms with E-state index >= 15 is 0 Å². The third kappa shape index (κ3) is 9.50. The monoisotopic (exact) mass is 391 g/mol. The Bertz CT molecular complexity index is 619. The van der Waals surface area contributed by atoms with Crippen LogP contribution >= 0.6 is 0 Å². The second-order valence-corrected chi connectivity index (χ2v) is 7.28. The van der Waals surface area contributed by atoms with Gasteiger partial charge >= 0.3 is 5.97 Å². The molecule has 0 bridgehead atoms. The number of ether oxygens (including phenoxy) is 1. The third-order valence-electron chi connectivity index (χ3n) is 4.14. The first-order valence-electron chi connectivity index (χ1n) is 9.86. The Labute approximate surface area is 167 Å². The molecule has 0 aliphatic carbocycles. The fourth-order valence-electron chi connectivity index (χ4n) is 2.61. The molecule has 0 fully saturated rings. The third-order valence-corrected chi connectivity index (χ3v) is 4.14. The Morgan fingerprint density at radius 3 is 2.39 bits per heavy atom. The predicted octanol–water partition coefficient (Wildman–Crippen LogP) is 1.55. The molecule has 2 unspecified atom stereocenters. The average molecular weight is 392 g/mol. The minimum atomic E-state index is -0.760. The van der Waals surface area contributed by atoms with Crippen LogP contribution in [0.4, 0.5) is 0 Å². The Kier molecular flexibility index (Phi) is 10.9. The highest BCUT2D eigenvalue weighted by Crippen LogP contribution is 2.07. The van der Waals surface area contributed by atoms with Crippen LogP contribution in [0.1, 0.15) is 45.6 Å². The van der Waals surface area contributed by atoms with E-state index in [2.05, 4.69) is 10.6 Å². The zero-order valence-corrected chi connectivity index (χ0v) is 17.1. The summed E-state index contributed by atoms with van der Waals surface area (Å²) in [6.45, 7) is 6.02. The first-order valence-corrected chi connectivity index (χ1v) is 9.86. The summed E-state index contributed by atoms with van der Waals surface area (Å²) in [5, 5.41) is 5.26. The standard InChI is InChI=1S/C21H33N3O4/c1-4-5-11-28-19(25)14-23-21(27)18(12-15(2)3)24-20(26)17(22)13-16-9-7-6-8-10-16/h6-10,15,17-18H,4-5,11-14,22H2,1-3H3,(H,23,27)(H,24,26). The minimum absolute atomic E-state index is 0.179. The van der Waals surface area contributed by atoms with E-state index in [-0.39, 0.29) is 12.5 Å². The number of nitrogens with two attached hydrogens (primary N) is 1. The van der Waals surface area contributed by atoms with Crippen LogP contribution in [0.5, 0.6) is 0 Å². The van der Waals surface area contributed by atoms with E-state index in [1.807, 2.05) is 51.1 Å². The van der Waals surface area contributed by atoms with E-state index in [9.17, 15) is 14.4 Å². The van der Waals surface area contributed by atoms with Gasteiger partial charge in [0, 0.05) is 0 Å². The molecule has 0 heterocycles. The molecular weight excluding hydrogens is 358 g/mol. The molecule has 0 spiro atoms. The molecule has 4 N–H and O–H groups in total. The summed E-state index contributed by atoms with van der Waals surface area (Å²) in [6, 6.07) is 7.95. The molecule has 0 aliphatic heterocycles. The number of esters is 1. The van der Waals surface area contributed by atoms with Gasteiger partial charge in [0.15, 0.2) is 0 Å².